The average molecular weight is 495 g/mol. The molecule has 0 bridgehead atoms. The van der Waals surface area contributed by atoms with Gasteiger partial charge in [-0.15, -0.1) is 0 Å². The number of aromatic nitrogens is 2. The summed E-state index contributed by atoms with van der Waals surface area (Å²) in [5.41, 5.74) is 3.20. The maximum Gasteiger partial charge on any atom is 0.247 e. The highest BCUT2D eigenvalue weighted by molar-refractivity contribution is 6.32. The summed E-state index contributed by atoms with van der Waals surface area (Å²) >= 11 is 6.33. The molecule has 182 valence electrons. The van der Waals surface area contributed by atoms with Crippen molar-refractivity contribution in [3.8, 4) is 5.75 Å². The number of amides is 1. The Hall–Kier alpha value is -3.66. The zero-order valence-corrected chi connectivity index (χ0v) is 20.1. The number of anilines is 5. The molecule has 3 N–H and O–H groups in total. The molecule has 0 spiro atoms. The smallest absolute Gasteiger partial charge is 0.247 e. The molecule has 0 radical (unpaired) electrons. The summed E-state index contributed by atoms with van der Waals surface area (Å²) in [5.74, 6) is 1.17. The Kier molecular flexibility index (Phi) is 8.15. The molecule has 35 heavy (non-hydrogen) atoms. The lowest BCUT2D eigenvalue weighted by atomic mass is 10.1. The van der Waals surface area contributed by atoms with Crippen LogP contribution in [0, 0.1) is 0 Å². The first-order valence-electron chi connectivity index (χ1n) is 11.1. The fraction of sp³-hybridized carbons (Fsp3) is 0.240. The van der Waals surface area contributed by atoms with Crippen LogP contribution in [0.5, 0.6) is 5.75 Å². The van der Waals surface area contributed by atoms with E-state index in [-0.39, 0.29) is 5.91 Å². The van der Waals surface area contributed by atoms with Gasteiger partial charge in [0.15, 0.2) is 5.82 Å². The predicted octanol–water partition coefficient (Wildman–Crippen LogP) is 4.58. The van der Waals surface area contributed by atoms with E-state index in [0.29, 0.717) is 33.9 Å². The van der Waals surface area contributed by atoms with Crippen molar-refractivity contribution >= 4 is 46.3 Å². The third kappa shape index (κ3) is 6.69. The summed E-state index contributed by atoms with van der Waals surface area (Å²) in [6.07, 6.45) is 2.73. The topological polar surface area (TPSA) is 101 Å². The molecule has 3 aromatic rings. The molecule has 1 aliphatic rings. The zero-order chi connectivity index (χ0) is 24.6. The minimum absolute atomic E-state index is 0.293. The van der Waals surface area contributed by atoms with Crippen LogP contribution in [-0.2, 0) is 16.1 Å². The number of ether oxygens (including phenoxy) is 2. The van der Waals surface area contributed by atoms with Crippen LogP contribution in [0.2, 0.25) is 5.02 Å². The van der Waals surface area contributed by atoms with Crippen LogP contribution >= 0.6 is 11.6 Å². The number of morpholine rings is 1. The number of carbonyl (C=O) groups excluding carboxylic acids is 1. The fourth-order valence-corrected chi connectivity index (χ4v) is 3.73. The maximum absolute atomic E-state index is 11.6. The van der Waals surface area contributed by atoms with Gasteiger partial charge in [-0.1, -0.05) is 30.3 Å². The van der Waals surface area contributed by atoms with Crippen molar-refractivity contribution < 1.29 is 14.3 Å². The third-order valence-corrected chi connectivity index (χ3v) is 5.62. The Morgan fingerprint density at radius 3 is 2.77 bits per heavy atom. The largest absolute Gasteiger partial charge is 0.495 e. The Morgan fingerprint density at radius 2 is 2.00 bits per heavy atom. The fourth-order valence-electron chi connectivity index (χ4n) is 3.59. The summed E-state index contributed by atoms with van der Waals surface area (Å²) in [4.78, 5) is 22.7. The highest BCUT2D eigenvalue weighted by atomic mass is 35.5. The van der Waals surface area contributed by atoms with Gasteiger partial charge in [-0.2, -0.15) is 4.98 Å². The lowest BCUT2D eigenvalue weighted by Gasteiger charge is -2.26. The Labute approximate surface area is 209 Å². The van der Waals surface area contributed by atoms with E-state index in [1.54, 1.807) is 25.3 Å². The van der Waals surface area contributed by atoms with Crippen molar-refractivity contribution in [1.29, 1.82) is 0 Å². The van der Waals surface area contributed by atoms with Crippen LogP contribution < -0.4 is 20.7 Å². The molecule has 9 nitrogen and oxygen atoms in total. The Morgan fingerprint density at radius 1 is 1.20 bits per heavy atom. The molecule has 1 amide bonds. The second-order valence-corrected chi connectivity index (χ2v) is 8.24. The lowest BCUT2D eigenvalue weighted by molar-refractivity contribution is -0.111. The van der Waals surface area contributed by atoms with E-state index in [9.17, 15) is 4.79 Å². The van der Waals surface area contributed by atoms with Crippen molar-refractivity contribution in [2.75, 3.05) is 49.4 Å². The van der Waals surface area contributed by atoms with E-state index < -0.39 is 0 Å². The van der Waals surface area contributed by atoms with Crippen molar-refractivity contribution in [1.82, 2.24) is 14.9 Å². The molecule has 1 aromatic heterocycles. The van der Waals surface area contributed by atoms with Gasteiger partial charge in [-0.05, 0) is 42.0 Å². The molecule has 4 rings (SSSR count). The van der Waals surface area contributed by atoms with Crippen LogP contribution in [0.4, 0.5) is 28.8 Å². The van der Waals surface area contributed by atoms with Gasteiger partial charge in [0.05, 0.1) is 32.2 Å². The van der Waals surface area contributed by atoms with Gasteiger partial charge < -0.3 is 25.4 Å². The van der Waals surface area contributed by atoms with Crippen molar-refractivity contribution in [3.63, 3.8) is 0 Å². The summed E-state index contributed by atoms with van der Waals surface area (Å²) in [7, 11) is 1.63. The van der Waals surface area contributed by atoms with Crippen LogP contribution in [0.25, 0.3) is 0 Å². The number of methoxy groups -OCH3 is 1. The molecule has 2 heterocycles. The highest BCUT2D eigenvalue weighted by Gasteiger charge is 2.14. The average Bonchev–Trinajstić information content (AvgIpc) is 2.87. The van der Waals surface area contributed by atoms with Gasteiger partial charge in [0.2, 0.25) is 11.9 Å². The third-order valence-electron chi connectivity index (χ3n) is 5.34. The van der Waals surface area contributed by atoms with Gasteiger partial charge in [0.25, 0.3) is 0 Å². The molecule has 1 saturated heterocycles. The van der Waals surface area contributed by atoms with Crippen LogP contribution in [0.1, 0.15) is 5.56 Å². The first-order chi connectivity index (χ1) is 17.0. The molecule has 1 fully saturated rings. The van der Waals surface area contributed by atoms with E-state index >= 15 is 0 Å². The second kappa shape index (κ2) is 11.7. The summed E-state index contributed by atoms with van der Waals surface area (Å²) in [6.45, 7) is 7.64. The van der Waals surface area contributed by atoms with E-state index in [1.807, 2.05) is 18.2 Å². The standard InChI is InChI=1S/C25H27ClN6O3/c1-3-23(33)28-18-5-4-6-19(14-18)29-24-20(26)15-27-25(31-24)30-21-8-7-17(13-22(21)34-2)16-32-9-11-35-12-10-32/h3-8,13-15H,1,9-12,16H2,2H3,(H,28,33)(H2,27,29,30,31). The molecule has 0 aliphatic carbocycles. The predicted molar refractivity (Wildman–Crippen MR) is 138 cm³/mol. The molecular weight excluding hydrogens is 468 g/mol. The number of halogens is 1. The van der Waals surface area contributed by atoms with Crippen molar-refractivity contribution in [2.24, 2.45) is 0 Å². The molecule has 1 aliphatic heterocycles. The van der Waals surface area contributed by atoms with E-state index in [1.165, 1.54) is 12.3 Å². The SMILES string of the molecule is C=CC(=O)Nc1cccc(Nc2nc(Nc3ccc(CN4CCOCC4)cc3OC)ncc2Cl)c1. The summed E-state index contributed by atoms with van der Waals surface area (Å²) < 4.78 is 11.0. The number of hydrogen-bond acceptors (Lipinski definition) is 8. The number of carbonyl (C=O) groups is 1. The van der Waals surface area contributed by atoms with Crippen LogP contribution in [-0.4, -0.2) is 54.2 Å². The van der Waals surface area contributed by atoms with Crippen LogP contribution in [0.3, 0.4) is 0 Å². The second-order valence-electron chi connectivity index (χ2n) is 7.84. The summed E-state index contributed by atoms with van der Waals surface area (Å²) in [5, 5.41) is 9.44. The van der Waals surface area contributed by atoms with E-state index in [2.05, 4.69) is 43.5 Å². The molecular formula is C25H27ClN6O3. The number of benzene rings is 2. The number of nitrogens with one attached hydrogen (secondary N) is 3. The van der Waals surface area contributed by atoms with Crippen molar-refractivity contribution in [2.45, 2.75) is 6.54 Å². The number of nitrogens with zero attached hydrogens (tertiary/aromatic N) is 3. The van der Waals surface area contributed by atoms with E-state index in [4.69, 9.17) is 21.1 Å². The first-order valence-corrected chi connectivity index (χ1v) is 11.5. The van der Waals surface area contributed by atoms with E-state index in [0.717, 1.165) is 44.1 Å². The summed E-state index contributed by atoms with van der Waals surface area (Å²) in [6, 6.07) is 13.2. The van der Waals surface area contributed by atoms with Gasteiger partial charge in [0, 0.05) is 31.0 Å². The Bertz CT molecular complexity index is 1200. The zero-order valence-electron chi connectivity index (χ0n) is 19.4. The van der Waals surface area contributed by atoms with Gasteiger partial charge >= 0.3 is 0 Å². The number of rotatable bonds is 9. The quantitative estimate of drug-likeness (QED) is 0.371. The molecule has 10 heteroatoms. The highest BCUT2D eigenvalue weighted by Crippen LogP contribution is 2.30. The van der Waals surface area contributed by atoms with Gasteiger partial charge in [-0.25, -0.2) is 4.98 Å². The van der Waals surface area contributed by atoms with Crippen LogP contribution in [0.15, 0.2) is 61.3 Å². The van der Waals surface area contributed by atoms with Crippen molar-refractivity contribution in [3.05, 3.63) is 71.9 Å². The van der Waals surface area contributed by atoms with Gasteiger partial charge in [0.1, 0.15) is 10.8 Å². The minimum Gasteiger partial charge on any atom is -0.495 e. The monoisotopic (exact) mass is 494 g/mol. The first kappa shape index (κ1) is 24.5. The molecule has 0 saturated carbocycles. The normalized spacial score (nSPS) is 13.7. The molecule has 2 aromatic carbocycles. The Balaban J connectivity index is 1.48. The molecule has 0 unspecified atom stereocenters. The minimum atomic E-state index is -0.293. The number of hydrogen-bond donors (Lipinski definition) is 3. The maximum atomic E-state index is 11.6. The van der Waals surface area contributed by atoms with Gasteiger partial charge in [-0.3, -0.25) is 9.69 Å². The lowest BCUT2D eigenvalue weighted by Crippen LogP contribution is -2.35. The molecule has 0 atom stereocenters.